The second-order valence-electron chi connectivity index (χ2n) is 8.54. The second kappa shape index (κ2) is 9.14. The second-order valence-corrected chi connectivity index (χ2v) is 8.54. The molecule has 0 saturated heterocycles. The summed E-state index contributed by atoms with van der Waals surface area (Å²) in [6, 6.07) is 11.3. The summed E-state index contributed by atoms with van der Waals surface area (Å²) < 4.78 is 48.9. The van der Waals surface area contributed by atoms with E-state index < -0.39 is 24.7 Å². The van der Waals surface area contributed by atoms with Crippen LogP contribution in [0.3, 0.4) is 0 Å². The van der Waals surface area contributed by atoms with Gasteiger partial charge in [-0.15, -0.1) is 5.10 Å². The Balaban J connectivity index is 1.47. The van der Waals surface area contributed by atoms with E-state index in [2.05, 4.69) is 15.3 Å². The van der Waals surface area contributed by atoms with Gasteiger partial charge in [0.25, 0.3) is 5.91 Å². The van der Waals surface area contributed by atoms with Crippen LogP contribution in [0.25, 0.3) is 16.9 Å². The van der Waals surface area contributed by atoms with Crippen LogP contribution in [0.5, 0.6) is 5.75 Å². The van der Waals surface area contributed by atoms with Crippen LogP contribution in [-0.2, 0) is 11.2 Å². The fraction of sp³-hybridized carbons (Fsp3) is 0.280. The number of aryl methyl sites for hydroxylation is 2. The van der Waals surface area contributed by atoms with Crippen molar-refractivity contribution in [3.8, 4) is 22.7 Å². The number of anilines is 1. The molecular formula is C25H23F3N6O2. The van der Waals surface area contributed by atoms with Crippen molar-refractivity contribution in [2.75, 3.05) is 18.6 Å². The fourth-order valence-electron chi connectivity index (χ4n) is 4.52. The van der Waals surface area contributed by atoms with Crippen LogP contribution in [0.1, 0.15) is 23.9 Å². The number of carbonyl (C=O) groups excluding carboxylic acids is 1. The number of hydrogen-bond donors (Lipinski definition) is 0. The van der Waals surface area contributed by atoms with Crippen LogP contribution in [0.2, 0.25) is 0 Å². The zero-order chi connectivity index (χ0) is 25.4. The zero-order valence-corrected chi connectivity index (χ0v) is 19.6. The smallest absolute Gasteiger partial charge is 0.406 e. The molecule has 0 fully saturated rings. The minimum Gasteiger partial charge on any atom is -0.495 e. The number of ether oxygens (including phenoxy) is 1. The van der Waals surface area contributed by atoms with E-state index >= 15 is 0 Å². The quantitative estimate of drug-likeness (QED) is 0.406. The van der Waals surface area contributed by atoms with E-state index in [1.54, 1.807) is 49.8 Å². The Kier molecular flexibility index (Phi) is 5.99. The number of para-hydroxylation sites is 1. The van der Waals surface area contributed by atoms with Crippen molar-refractivity contribution in [2.24, 2.45) is 0 Å². The lowest BCUT2D eigenvalue weighted by molar-refractivity contribution is -0.134. The van der Waals surface area contributed by atoms with E-state index in [9.17, 15) is 18.0 Å². The number of aromatic nitrogens is 5. The molecule has 4 aromatic rings. The zero-order valence-electron chi connectivity index (χ0n) is 19.6. The van der Waals surface area contributed by atoms with Gasteiger partial charge in [0.1, 0.15) is 29.9 Å². The number of rotatable bonds is 5. The number of fused-ring (bicyclic) bond motifs is 1. The van der Waals surface area contributed by atoms with Gasteiger partial charge in [0.2, 0.25) is 0 Å². The van der Waals surface area contributed by atoms with E-state index in [0.29, 0.717) is 35.4 Å². The van der Waals surface area contributed by atoms with Crippen molar-refractivity contribution in [1.82, 2.24) is 24.5 Å². The lowest BCUT2D eigenvalue weighted by atomic mass is 10.1. The molecule has 11 heteroatoms. The molecule has 2 aromatic heterocycles. The minimum absolute atomic E-state index is 0.276. The molecule has 0 radical (unpaired) electrons. The summed E-state index contributed by atoms with van der Waals surface area (Å²) in [5.41, 5.74) is 2.92. The molecule has 1 unspecified atom stereocenters. The van der Waals surface area contributed by atoms with Gasteiger partial charge in [-0.25, -0.2) is 9.67 Å². The first-order valence-corrected chi connectivity index (χ1v) is 11.3. The standard InChI is InChI=1S/C25H23F3N6O2/c1-16-29-11-12-32(16)21-9-8-18(13-23(21)36-2)19-14-34(31-30-19)22-10-7-17-5-3-4-6-20(17)33(24(22)35)15-25(26,27)28/h3-6,8-9,11-14,22H,7,10,15H2,1-2H3. The molecule has 1 amide bonds. The molecule has 1 atom stereocenters. The van der Waals surface area contributed by atoms with Crippen LogP contribution >= 0.6 is 0 Å². The third-order valence-corrected chi connectivity index (χ3v) is 6.25. The number of nitrogens with zero attached hydrogens (tertiary/aromatic N) is 6. The number of benzene rings is 2. The molecule has 5 rings (SSSR count). The molecule has 186 valence electrons. The average molecular weight is 496 g/mol. The Hall–Kier alpha value is -4.15. The SMILES string of the molecule is COc1cc(-c2cn(C3CCc4ccccc4N(CC(F)(F)F)C3=O)nn2)ccc1-n1ccnc1C. The first-order chi connectivity index (χ1) is 17.2. The number of imidazole rings is 1. The summed E-state index contributed by atoms with van der Waals surface area (Å²) in [5, 5.41) is 8.33. The maximum absolute atomic E-state index is 13.4. The van der Waals surface area contributed by atoms with E-state index in [4.69, 9.17) is 4.74 Å². The molecule has 8 nitrogen and oxygen atoms in total. The lowest BCUT2D eigenvalue weighted by Gasteiger charge is -2.26. The van der Waals surface area contributed by atoms with Crippen LogP contribution in [-0.4, -0.2) is 50.3 Å². The molecule has 3 heterocycles. The minimum atomic E-state index is -4.54. The molecule has 2 aromatic carbocycles. The number of carbonyl (C=O) groups is 1. The van der Waals surface area contributed by atoms with Gasteiger partial charge < -0.3 is 14.2 Å². The predicted octanol–water partition coefficient (Wildman–Crippen LogP) is 4.53. The Morgan fingerprint density at radius 1 is 1.14 bits per heavy atom. The Bertz CT molecular complexity index is 1410. The van der Waals surface area contributed by atoms with Crippen LogP contribution in [0.15, 0.2) is 61.1 Å². The van der Waals surface area contributed by atoms with Crippen molar-refractivity contribution in [2.45, 2.75) is 32.0 Å². The molecule has 0 N–H and O–H groups in total. The largest absolute Gasteiger partial charge is 0.495 e. The van der Waals surface area contributed by atoms with Gasteiger partial charge in [0.05, 0.1) is 19.0 Å². The van der Waals surface area contributed by atoms with Gasteiger partial charge in [-0.3, -0.25) is 4.79 Å². The molecular weight excluding hydrogens is 473 g/mol. The number of halogens is 3. The Morgan fingerprint density at radius 2 is 1.94 bits per heavy atom. The van der Waals surface area contributed by atoms with Crippen molar-refractivity contribution in [1.29, 1.82) is 0 Å². The van der Waals surface area contributed by atoms with E-state index in [1.165, 1.54) is 4.68 Å². The average Bonchev–Trinajstić information content (AvgIpc) is 3.48. The topological polar surface area (TPSA) is 78.1 Å². The molecule has 0 saturated carbocycles. The van der Waals surface area contributed by atoms with Gasteiger partial charge in [-0.2, -0.15) is 13.2 Å². The number of amides is 1. The van der Waals surface area contributed by atoms with Crippen molar-refractivity contribution < 1.29 is 22.7 Å². The molecule has 0 bridgehead atoms. The molecule has 1 aliphatic rings. The highest BCUT2D eigenvalue weighted by Gasteiger charge is 2.39. The summed E-state index contributed by atoms with van der Waals surface area (Å²) in [5.74, 6) is 0.709. The number of methoxy groups -OCH3 is 1. The monoisotopic (exact) mass is 496 g/mol. The number of hydrogen-bond acceptors (Lipinski definition) is 5. The van der Waals surface area contributed by atoms with E-state index in [0.717, 1.165) is 16.4 Å². The van der Waals surface area contributed by atoms with Crippen molar-refractivity contribution >= 4 is 11.6 Å². The lowest BCUT2D eigenvalue weighted by Crippen LogP contribution is -2.42. The van der Waals surface area contributed by atoms with Crippen LogP contribution < -0.4 is 9.64 Å². The molecule has 0 spiro atoms. The highest BCUT2D eigenvalue weighted by Crippen LogP contribution is 2.34. The van der Waals surface area contributed by atoms with E-state index in [1.807, 2.05) is 29.8 Å². The first-order valence-electron chi connectivity index (χ1n) is 11.3. The first kappa shape index (κ1) is 23.6. The maximum Gasteiger partial charge on any atom is 0.406 e. The molecule has 0 aliphatic carbocycles. The van der Waals surface area contributed by atoms with Gasteiger partial charge in [-0.1, -0.05) is 29.5 Å². The maximum atomic E-state index is 13.4. The van der Waals surface area contributed by atoms with Crippen molar-refractivity contribution in [3.63, 3.8) is 0 Å². The van der Waals surface area contributed by atoms with Gasteiger partial charge in [0.15, 0.2) is 0 Å². The third kappa shape index (κ3) is 4.43. The summed E-state index contributed by atoms with van der Waals surface area (Å²) in [6.45, 7) is 0.510. The molecule has 1 aliphatic heterocycles. The van der Waals surface area contributed by atoms with Crippen LogP contribution in [0.4, 0.5) is 18.9 Å². The predicted molar refractivity (Wildman–Crippen MR) is 126 cm³/mol. The summed E-state index contributed by atoms with van der Waals surface area (Å²) >= 11 is 0. The third-order valence-electron chi connectivity index (χ3n) is 6.25. The number of alkyl halides is 3. The highest BCUT2D eigenvalue weighted by molar-refractivity contribution is 5.97. The summed E-state index contributed by atoms with van der Waals surface area (Å²) in [7, 11) is 1.56. The summed E-state index contributed by atoms with van der Waals surface area (Å²) in [4.78, 5) is 18.4. The fourth-order valence-corrected chi connectivity index (χ4v) is 4.52. The van der Waals surface area contributed by atoms with E-state index in [-0.39, 0.29) is 5.69 Å². The normalized spacial score (nSPS) is 16.1. The van der Waals surface area contributed by atoms with Gasteiger partial charge >= 0.3 is 6.18 Å². The summed E-state index contributed by atoms with van der Waals surface area (Å²) in [6.07, 6.45) is 1.29. The Labute approximate surface area is 204 Å². The van der Waals surface area contributed by atoms with Crippen LogP contribution in [0, 0.1) is 6.92 Å². The van der Waals surface area contributed by atoms with Gasteiger partial charge in [0, 0.05) is 23.6 Å². The van der Waals surface area contributed by atoms with Gasteiger partial charge in [-0.05, 0) is 43.5 Å². The van der Waals surface area contributed by atoms with Crippen molar-refractivity contribution in [3.05, 3.63) is 72.4 Å². The molecule has 36 heavy (non-hydrogen) atoms. The highest BCUT2D eigenvalue weighted by atomic mass is 19.4. The Morgan fingerprint density at radius 3 is 2.67 bits per heavy atom.